The molecule has 0 saturated heterocycles. The number of ketones is 1. The summed E-state index contributed by atoms with van der Waals surface area (Å²) in [5.41, 5.74) is 0.826. The molecular formula is C19H21N3O3S2. The Morgan fingerprint density at radius 3 is 2.89 bits per heavy atom. The van der Waals surface area contributed by atoms with Gasteiger partial charge in [-0.25, -0.2) is 9.97 Å². The topological polar surface area (TPSA) is 84.3 Å². The van der Waals surface area contributed by atoms with E-state index in [-0.39, 0.29) is 11.5 Å². The molecule has 6 nitrogen and oxygen atoms in total. The Bertz CT molecular complexity index is 959. The van der Waals surface area contributed by atoms with Crippen molar-refractivity contribution in [2.45, 2.75) is 18.1 Å². The predicted octanol–water partition coefficient (Wildman–Crippen LogP) is 3.24. The maximum Gasteiger partial charge on any atom is 0.183 e. The number of hydrogen-bond donors (Lipinski definition) is 2. The number of rotatable bonds is 8. The zero-order valence-electron chi connectivity index (χ0n) is 15.4. The molecule has 8 heteroatoms. The van der Waals surface area contributed by atoms with Crippen LogP contribution in [-0.2, 0) is 0 Å². The number of aliphatic hydroxyl groups is 1. The molecule has 0 saturated carbocycles. The van der Waals surface area contributed by atoms with Crippen LogP contribution in [-0.4, -0.2) is 47.3 Å². The fourth-order valence-corrected chi connectivity index (χ4v) is 4.57. The quantitative estimate of drug-likeness (QED) is 0.339. The maximum absolute atomic E-state index is 12.6. The standard InChI is InChI=1S/C19H21N3O3S2/c1-11-21-14-5-4-12(25-3)8-13(14)19(22-11)26-10-16(24)18-7-6-17(27-18)15(23)9-20-2/h4-8,15,20,23H,9-10H2,1-3H3. The monoisotopic (exact) mass is 403 g/mol. The molecule has 1 aromatic carbocycles. The van der Waals surface area contributed by atoms with Gasteiger partial charge in [0.15, 0.2) is 5.78 Å². The number of fused-ring (bicyclic) bond motifs is 1. The molecule has 0 amide bonds. The Labute approximate surface area is 166 Å². The summed E-state index contributed by atoms with van der Waals surface area (Å²) in [5.74, 6) is 1.67. The normalized spacial score (nSPS) is 12.3. The number of thioether (sulfide) groups is 1. The van der Waals surface area contributed by atoms with Gasteiger partial charge in [-0.2, -0.15) is 0 Å². The van der Waals surface area contributed by atoms with Gasteiger partial charge >= 0.3 is 0 Å². The molecular weight excluding hydrogens is 382 g/mol. The Hall–Kier alpha value is -2.00. The number of Topliss-reactive ketones (excluding diaryl/α,β-unsaturated/α-hetero) is 1. The number of hydrogen-bond acceptors (Lipinski definition) is 8. The van der Waals surface area contributed by atoms with Crippen LogP contribution in [0.2, 0.25) is 0 Å². The van der Waals surface area contributed by atoms with Crippen LogP contribution in [0.25, 0.3) is 10.9 Å². The second-order valence-corrected chi connectivity index (χ2v) is 8.03. The van der Waals surface area contributed by atoms with Crippen molar-refractivity contribution in [2.75, 3.05) is 26.5 Å². The van der Waals surface area contributed by atoms with E-state index in [4.69, 9.17) is 4.74 Å². The van der Waals surface area contributed by atoms with E-state index in [0.717, 1.165) is 26.6 Å². The van der Waals surface area contributed by atoms with E-state index < -0.39 is 6.10 Å². The fraction of sp³-hybridized carbons (Fsp3) is 0.316. The summed E-state index contributed by atoms with van der Waals surface area (Å²) in [6.45, 7) is 2.29. The van der Waals surface area contributed by atoms with Gasteiger partial charge in [0, 0.05) is 16.8 Å². The molecule has 3 aromatic rings. The highest BCUT2D eigenvalue weighted by Crippen LogP contribution is 2.30. The van der Waals surface area contributed by atoms with E-state index in [1.807, 2.05) is 25.1 Å². The molecule has 142 valence electrons. The molecule has 0 spiro atoms. The zero-order valence-corrected chi connectivity index (χ0v) is 17.0. The number of ether oxygens (including phenoxy) is 1. The number of nitrogens with one attached hydrogen (secondary N) is 1. The van der Waals surface area contributed by atoms with Crippen molar-refractivity contribution in [1.29, 1.82) is 0 Å². The number of methoxy groups -OCH3 is 1. The number of thiophene rings is 1. The second kappa shape index (κ2) is 8.79. The van der Waals surface area contributed by atoms with Crippen LogP contribution < -0.4 is 10.1 Å². The predicted molar refractivity (Wildman–Crippen MR) is 109 cm³/mol. The third-order valence-corrected chi connectivity index (χ3v) is 6.17. The summed E-state index contributed by atoms with van der Waals surface area (Å²) in [4.78, 5) is 22.9. The van der Waals surface area contributed by atoms with Crippen molar-refractivity contribution in [3.63, 3.8) is 0 Å². The maximum atomic E-state index is 12.6. The van der Waals surface area contributed by atoms with Crippen molar-refractivity contribution in [3.05, 3.63) is 45.9 Å². The van der Waals surface area contributed by atoms with Crippen LogP contribution in [0.5, 0.6) is 5.75 Å². The highest BCUT2D eigenvalue weighted by molar-refractivity contribution is 8.00. The van der Waals surface area contributed by atoms with E-state index >= 15 is 0 Å². The van der Waals surface area contributed by atoms with E-state index in [0.29, 0.717) is 17.2 Å². The molecule has 3 rings (SSSR count). The number of likely N-dealkylation sites (N-methyl/N-ethyl adjacent to an activating group) is 1. The van der Waals surface area contributed by atoms with Crippen LogP contribution in [0.4, 0.5) is 0 Å². The van der Waals surface area contributed by atoms with Crippen molar-refractivity contribution in [2.24, 2.45) is 0 Å². The number of aryl methyl sites for hydroxylation is 1. The largest absolute Gasteiger partial charge is 0.497 e. The third kappa shape index (κ3) is 4.65. The van der Waals surface area contributed by atoms with Crippen LogP contribution in [0.3, 0.4) is 0 Å². The molecule has 2 N–H and O–H groups in total. The first-order chi connectivity index (χ1) is 13.0. The molecule has 0 aliphatic rings. The third-order valence-electron chi connectivity index (χ3n) is 3.95. The minimum absolute atomic E-state index is 0.0141. The Balaban J connectivity index is 1.77. The molecule has 27 heavy (non-hydrogen) atoms. The minimum Gasteiger partial charge on any atom is -0.497 e. The number of carbonyl (C=O) groups is 1. The van der Waals surface area contributed by atoms with E-state index in [1.165, 1.54) is 23.1 Å². The van der Waals surface area contributed by atoms with Crippen LogP contribution in [0.15, 0.2) is 35.4 Å². The van der Waals surface area contributed by atoms with Gasteiger partial charge in [0.2, 0.25) is 0 Å². The highest BCUT2D eigenvalue weighted by Gasteiger charge is 2.16. The molecule has 1 unspecified atom stereocenters. The molecule has 0 radical (unpaired) electrons. The van der Waals surface area contributed by atoms with Crippen molar-refractivity contribution in [1.82, 2.24) is 15.3 Å². The van der Waals surface area contributed by atoms with Crippen LogP contribution in [0, 0.1) is 6.92 Å². The highest BCUT2D eigenvalue weighted by atomic mass is 32.2. The Morgan fingerprint density at radius 2 is 2.15 bits per heavy atom. The lowest BCUT2D eigenvalue weighted by atomic mass is 10.2. The first-order valence-electron chi connectivity index (χ1n) is 8.42. The molecule has 2 aromatic heterocycles. The Morgan fingerprint density at radius 1 is 1.33 bits per heavy atom. The first kappa shape index (κ1) is 19.8. The SMILES string of the molecule is CNCC(O)c1ccc(C(=O)CSc2nc(C)nc3ccc(OC)cc23)s1. The molecule has 0 aliphatic heterocycles. The van der Waals surface area contributed by atoms with Gasteiger partial charge in [0.25, 0.3) is 0 Å². The summed E-state index contributed by atoms with van der Waals surface area (Å²) < 4.78 is 5.29. The summed E-state index contributed by atoms with van der Waals surface area (Å²) in [5, 5.41) is 14.6. The fourth-order valence-electron chi connectivity index (χ4n) is 2.61. The van der Waals surface area contributed by atoms with Gasteiger partial charge in [-0.15, -0.1) is 11.3 Å². The Kier molecular flexibility index (Phi) is 6.43. The lowest BCUT2D eigenvalue weighted by Gasteiger charge is -2.08. The van der Waals surface area contributed by atoms with Crippen molar-refractivity contribution in [3.8, 4) is 5.75 Å². The lowest BCUT2D eigenvalue weighted by Crippen LogP contribution is -2.15. The number of carbonyl (C=O) groups excluding carboxylic acids is 1. The van der Waals surface area contributed by atoms with Crippen LogP contribution >= 0.6 is 23.1 Å². The van der Waals surface area contributed by atoms with Gasteiger partial charge in [-0.05, 0) is 44.3 Å². The first-order valence-corrected chi connectivity index (χ1v) is 10.2. The number of benzene rings is 1. The summed E-state index contributed by atoms with van der Waals surface area (Å²) in [7, 11) is 3.39. The average molecular weight is 404 g/mol. The number of aromatic nitrogens is 2. The van der Waals surface area contributed by atoms with E-state index in [9.17, 15) is 9.90 Å². The van der Waals surface area contributed by atoms with Gasteiger partial charge in [-0.3, -0.25) is 4.79 Å². The van der Waals surface area contributed by atoms with Crippen molar-refractivity contribution >= 4 is 39.8 Å². The molecule has 2 heterocycles. The number of aliphatic hydroxyl groups excluding tert-OH is 1. The minimum atomic E-state index is -0.602. The summed E-state index contributed by atoms with van der Waals surface area (Å²) in [6.07, 6.45) is -0.602. The van der Waals surface area contributed by atoms with E-state index in [2.05, 4.69) is 15.3 Å². The number of nitrogens with zero attached hydrogens (tertiary/aromatic N) is 2. The molecule has 0 bridgehead atoms. The zero-order chi connectivity index (χ0) is 19.4. The van der Waals surface area contributed by atoms with Gasteiger partial charge in [0.05, 0.1) is 23.3 Å². The molecule has 0 fully saturated rings. The summed E-state index contributed by atoms with van der Waals surface area (Å²) >= 11 is 2.72. The molecule has 1 atom stereocenters. The van der Waals surface area contributed by atoms with Crippen LogP contribution in [0.1, 0.15) is 26.5 Å². The second-order valence-electron chi connectivity index (χ2n) is 5.95. The van der Waals surface area contributed by atoms with Gasteiger partial charge in [0.1, 0.15) is 22.7 Å². The lowest BCUT2D eigenvalue weighted by molar-refractivity contribution is 0.102. The van der Waals surface area contributed by atoms with Gasteiger partial charge in [-0.1, -0.05) is 11.8 Å². The average Bonchev–Trinajstić information content (AvgIpc) is 3.16. The smallest absolute Gasteiger partial charge is 0.183 e. The van der Waals surface area contributed by atoms with E-state index in [1.54, 1.807) is 26.3 Å². The molecule has 0 aliphatic carbocycles. The van der Waals surface area contributed by atoms with Gasteiger partial charge < -0.3 is 15.2 Å². The summed E-state index contributed by atoms with van der Waals surface area (Å²) in [6, 6.07) is 9.22. The van der Waals surface area contributed by atoms with Crippen molar-refractivity contribution < 1.29 is 14.6 Å².